The summed E-state index contributed by atoms with van der Waals surface area (Å²) in [5, 5.41) is 1.36. The quantitative estimate of drug-likeness (QED) is 0.683. The number of aryl methyl sites for hydroxylation is 1. The first-order valence-corrected chi connectivity index (χ1v) is 9.16. The molecule has 1 fully saturated rings. The van der Waals surface area contributed by atoms with Crippen molar-refractivity contribution in [3.05, 3.63) is 47.9 Å². The maximum atomic E-state index is 5.58. The van der Waals surface area contributed by atoms with Crippen molar-refractivity contribution >= 4 is 16.5 Å². The molecule has 2 aromatic heterocycles. The van der Waals surface area contributed by atoms with Crippen molar-refractivity contribution in [1.82, 2.24) is 9.55 Å². The highest BCUT2D eigenvalue weighted by Gasteiger charge is 2.35. The molecule has 3 unspecified atom stereocenters. The molecule has 2 aromatic rings. The molecule has 1 saturated carbocycles. The highest BCUT2D eigenvalue weighted by molar-refractivity contribution is 5.92. The third kappa shape index (κ3) is 1.94. The summed E-state index contributed by atoms with van der Waals surface area (Å²) in [6, 6.07) is 2.77. The minimum atomic E-state index is 0.563. The SMILES string of the molecule is C#CCC1CCC2C(C=CC3=CCCc4c3n2c2ccncc42)C1. The van der Waals surface area contributed by atoms with Crippen LogP contribution in [-0.2, 0) is 6.42 Å². The van der Waals surface area contributed by atoms with E-state index in [1.54, 1.807) is 0 Å². The number of rotatable bonds is 1. The molecular formula is C22H22N2. The van der Waals surface area contributed by atoms with E-state index in [0.717, 1.165) is 19.3 Å². The van der Waals surface area contributed by atoms with E-state index in [2.05, 4.69) is 46.0 Å². The molecule has 0 radical (unpaired) electrons. The highest BCUT2D eigenvalue weighted by Crippen LogP contribution is 2.47. The van der Waals surface area contributed by atoms with Gasteiger partial charge in [-0.1, -0.05) is 18.2 Å². The molecular weight excluding hydrogens is 292 g/mol. The van der Waals surface area contributed by atoms with Crippen LogP contribution in [0.1, 0.15) is 49.4 Å². The van der Waals surface area contributed by atoms with E-state index < -0.39 is 0 Å². The van der Waals surface area contributed by atoms with Crippen LogP contribution < -0.4 is 0 Å². The van der Waals surface area contributed by atoms with Crippen molar-refractivity contribution in [1.29, 1.82) is 0 Å². The molecule has 3 atom stereocenters. The van der Waals surface area contributed by atoms with E-state index in [-0.39, 0.29) is 0 Å². The topological polar surface area (TPSA) is 17.8 Å². The van der Waals surface area contributed by atoms with E-state index in [4.69, 9.17) is 6.42 Å². The molecule has 0 spiro atoms. The Bertz CT molecular complexity index is 906. The van der Waals surface area contributed by atoms with Crippen LogP contribution in [0.2, 0.25) is 0 Å². The zero-order valence-corrected chi connectivity index (χ0v) is 13.9. The fourth-order valence-corrected chi connectivity index (χ4v) is 5.14. The average Bonchev–Trinajstić information content (AvgIpc) is 2.85. The van der Waals surface area contributed by atoms with Gasteiger partial charge in [-0.3, -0.25) is 4.98 Å². The van der Waals surface area contributed by atoms with E-state index in [1.165, 1.54) is 47.0 Å². The number of hydrogen-bond donors (Lipinski definition) is 0. The Hall–Kier alpha value is -2.27. The van der Waals surface area contributed by atoms with Crippen LogP contribution in [-0.4, -0.2) is 9.55 Å². The van der Waals surface area contributed by atoms with E-state index in [1.807, 2.05) is 6.20 Å². The maximum Gasteiger partial charge on any atom is 0.0524 e. The molecule has 0 amide bonds. The third-order valence-corrected chi connectivity index (χ3v) is 6.17. The molecule has 120 valence electrons. The van der Waals surface area contributed by atoms with Gasteiger partial charge in [-0.2, -0.15) is 0 Å². The van der Waals surface area contributed by atoms with Gasteiger partial charge in [0.2, 0.25) is 0 Å². The summed E-state index contributed by atoms with van der Waals surface area (Å²) >= 11 is 0. The zero-order valence-electron chi connectivity index (χ0n) is 13.9. The largest absolute Gasteiger partial charge is 0.336 e. The second kappa shape index (κ2) is 5.38. The molecule has 0 bridgehead atoms. The van der Waals surface area contributed by atoms with Crippen molar-refractivity contribution in [3.63, 3.8) is 0 Å². The van der Waals surface area contributed by atoms with E-state index >= 15 is 0 Å². The van der Waals surface area contributed by atoms with E-state index in [9.17, 15) is 0 Å². The lowest BCUT2D eigenvalue weighted by Crippen LogP contribution is -2.26. The molecule has 0 aromatic carbocycles. The second-order valence-electron chi connectivity index (χ2n) is 7.47. The second-order valence-corrected chi connectivity index (χ2v) is 7.47. The van der Waals surface area contributed by atoms with Crippen molar-refractivity contribution in [2.45, 2.75) is 44.6 Å². The van der Waals surface area contributed by atoms with Gasteiger partial charge in [0.15, 0.2) is 0 Å². The Balaban J connectivity index is 1.71. The van der Waals surface area contributed by atoms with Gasteiger partial charge < -0.3 is 4.57 Å². The van der Waals surface area contributed by atoms with Crippen LogP contribution in [0.25, 0.3) is 16.5 Å². The van der Waals surface area contributed by atoms with Crippen LogP contribution in [0, 0.1) is 24.2 Å². The van der Waals surface area contributed by atoms with Crippen molar-refractivity contribution < 1.29 is 0 Å². The van der Waals surface area contributed by atoms with Gasteiger partial charge in [0.05, 0.1) is 11.2 Å². The fourth-order valence-electron chi connectivity index (χ4n) is 5.14. The Morgan fingerprint density at radius 1 is 1.33 bits per heavy atom. The number of terminal acetylenes is 1. The first-order valence-electron chi connectivity index (χ1n) is 9.16. The minimum absolute atomic E-state index is 0.563. The van der Waals surface area contributed by atoms with Crippen LogP contribution in [0.3, 0.4) is 0 Å². The lowest BCUT2D eigenvalue weighted by molar-refractivity contribution is 0.225. The van der Waals surface area contributed by atoms with Crippen LogP contribution in [0.5, 0.6) is 0 Å². The number of fused-ring (bicyclic) bond motifs is 5. The number of allylic oxidation sites excluding steroid dienone is 4. The summed E-state index contributed by atoms with van der Waals surface area (Å²) in [7, 11) is 0. The lowest BCUT2D eigenvalue weighted by Gasteiger charge is -2.35. The molecule has 1 aliphatic heterocycles. The molecule has 5 rings (SSSR count). The predicted octanol–water partition coefficient (Wildman–Crippen LogP) is 4.92. The van der Waals surface area contributed by atoms with Crippen LogP contribution >= 0.6 is 0 Å². The van der Waals surface area contributed by atoms with Gasteiger partial charge in [-0.25, -0.2) is 0 Å². The van der Waals surface area contributed by atoms with Crippen molar-refractivity contribution in [2.24, 2.45) is 11.8 Å². The molecule has 24 heavy (non-hydrogen) atoms. The predicted molar refractivity (Wildman–Crippen MR) is 98.5 cm³/mol. The van der Waals surface area contributed by atoms with Crippen molar-refractivity contribution in [3.8, 4) is 12.3 Å². The monoisotopic (exact) mass is 314 g/mol. The normalized spacial score (nSPS) is 27.8. The summed E-state index contributed by atoms with van der Waals surface area (Å²) in [6.45, 7) is 0. The van der Waals surface area contributed by atoms with Gasteiger partial charge in [-0.15, -0.1) is 12.3 Å². The Labute approximate surface area is 143 Å². The Morgan fingerprint density at radius 2 is 2.29 bits per heavy atom. The van der Waals surface area contributed by atoms with Crippen LogP contribution in [0.4, 0.5) is 0 Å². The van der Waals surface area contributed by atoms with Crippen LogP contribution in [0.15, 0.2) is 36.7 Å². The molecule has 3 aliphatic rings. The highest BCUT2D eigenvalue weighted by atomic mass is 15.0. The summed E-state index contributed by atoms with van der Waals surface area (Å²) in [6.07, 6.45) is 23.7. The van der Waals surface area contributed by atoms with Gasteiger partial charge in [0.1, 0.15) is 0 Å². The minimum Gasteiger partial charge on any atom is -0.336 e. The number of pyridine rings is 1. The molecule has 0 saturated heterocycles. The third-order valence-electron chi connectivity index (χ3n) is 6.17. The lowest BCUT2D eigenvalue weighted by atomic mass is 9.76. The maximum absolute atomic E-state index is 5.58. The summed E-state index contributed by atoms with van der Waals surface area (Å²) in [5.41, 5.74) is 5.75. The smallest absolute Gasteiger partial charge is 0.0524 e. The van der Waals surface area contributed by atoms with Gasteiger partial charge in [-0.05, 0) is 61.1 Å². The first-order chi connectivity index (χ1) is 11.9. The summed E-state index contributed by atoms with van der Waals surface area (Å²) < 4.78 is 2.65. The van der Waals surface area contributed by atoms with Crippen molar-refractivity contribution in [2.75, 3.05) is 0 Å². The average molecular weight is 314 g/mol. The van der Waals surface area contributed by atoms with Gasteiger partial charge in [0, 0.05) is 30.2 Å². The molecule has 3 heterocycles. The number of hydrogen-bond acceptors (Lipinski definition) is 1. The zero-order chi connectivity index (χ0) is 16.1. The molecule has 2 heteroatoms. The van der Waals surface area contributed by atoms with Gasteiger partial charge in [0.25, 0.3) is 0 Å². The number of nitrogens with zero attached hydrogens (tertiary/aromatic N) is 2. The Morgan fingerprint density at radius 3 is 3.21 bits per heavy atom. The summed E-state index contributed by atoms with van der Waals surface area (Å²) in [4.78, 5) is 4.40. The molecule has 2 aliphatic carbocycles. The van der Waals surface area contributed by atoms with E-state index in [0.29, 0.717) is 17.9 Å². The Kier molecular flexibility index (Phi) is 3.16. The fraction of sp³-hybridized carbons (Fsp3) is 0.409. The first kappa shape index (κ1) is 14.1. The summed E-state index contributed by atoms with van der Waals surface area (Å²) in [5.74, 6) is 4.16. The molecule has 0 N–H and O–H groups in total. The standard InChI is InChI=1S/C22H22N2/c1-2-4-15-7-10-20-17(13-15)9-8-16-5-3-6-18-19-14-23-12-11-21(19)24(20)22(16)18/h1,5,8-9,11-12,14-15,17,20H,3-4,6-7,10,13H2. The van der Waals surface area contributed by atoms with Gasteiger partial charge >= 0.3 is 0 Å². The molecule has 2 nitrogen and oxygen atoms in total. The number of aromatic nitrogens is 2.